The highest BCUT2D eigenvalue weighted by Gasteiger charge is 2.49. The number of ketones is 1. The zero-order valence-corrected chi connectivity index (χ0v) is 33.3. The minimum atomic E-state index is -1.24. The maximum atomic E-state index is 13.8. The fourth-order valence-corrected chi connectivity index (χ4v) is 8.20. The standard InChI is InChI=1S/C38H67N5O9/c1-11-15-43(27(22-44)13-12-16-42-17-14-29-28(21-42)34(48)40-36(49)39-29)20-24(2)19-38(7,50-10)33(26(4)32(47)37(5,6)23-45)52-35-31(46)30(41(8)9)18-25(3)51-35/h23-27,30-31,33,35,44,46H,11-22H2,1-10H3,(H2,39,40,48,49)/t24-,25-,26+,27-,30+,31-,33-,35+,38-/m1/s1. The highest BCUT2D eigenvalue weighted by Crippen LogP contribution is 2.37. The number of Topliss-reactive ketones (excluding diaryl/α,β-unsaturated/α-hetero) is 1. The number of hydrogen-bond donors (Lipinski definition) is 4. The lowest BCUT2D eigenvalue weighted by atomic mass is 9.74. The molecular weight excluding hydrogens is 670 g/mol. The number of carbonyl (C=O) groups excluding carboxylic acids is 2. The van der Waals surface area contributed by atoms with E-state index in [4.69, 9.17) is 14.2 Å². The van der Waals surface area contributed by atoms with Gasteiger partial charge in [0.2, 0.25) is 0 Å². The third kappa shape index (κ3) is 11.1. The van der Waals surface area contributed by atoms with Gasteiger partial charge in [0.25, 0.3) is 5.56 Å². The van der Waals surface area contributed by atoms with Gasteiger partial charge in [0, 0.05) is 56.9 Å². The first-order valence-corrected chi connectivity index (χ1v) is 19.0. The molecule has 3 rings (SSSR count). The van der Waals surface area contributed by atoms with Crippen LogP contribution in [0.4, 0.5) is 0 Å². The molecule has 0 amide bonds. The van der Waals surface area contributed by atoms with E-state index < -0.39 is 41.1 Å². The van der Waals surface area contributed by atoms with Crippen molar-refractivity contribution in [2.24, 2.45) is 17.3 Å². The lowest BCUT2D eigenvalue weighted by molar-refractivity contribution is -0.295. The van der Waals surface area contributed by atoms with Gasteiger partial charge in [-0.15, -0.1) is 0 Å². The second-order valence-electron chi connectivity index (χ2n) is 16.3. The van der Waals surface area contributed by atoms with Crippen molar-refractivity contribution < 1.29 is 34.0 Å². The number of hydrogen-bond acceptors (Lipinski definition) is 12. The molecular formula is C38H67N5O9. The van der Waals surface area contributed by atoms with Gasteiger partial charge >= 0.3 is 5.69 Å². The summed E-state index contributed by atoms with van der Waals surface area (Å²) in [7, 11) is 5.40. The van der Waals surface area contributed by atoms with Crippen LogP contribution in [0.2, 0.25) is 0 Å². The normalized spacial score (nSPS) is 25.0. The number of aliphatic hydroxyl groups is 2. The van der Waals surface area contributed by atoms with Crippen LogP contribution < -0.4 is 11.2 Å². The van der Waals surface area contributed by atoms with Gasteiger partial charge in [0.05, 0.1) is 35.4 Å². The van der Waals surface area contributed by atoms with Crippen molar-refractivity contribution in [3.63, 3.8) is 0 Å². The number of likely N-dealkylation sites (N-methyl/N-ethyl adjacent to an activating group) is 1. The van der Waals surface area contributed by atoms with Gasteiger partial charge in [-0.3, -0.25) is 24.4 Å². The molecule has 2 aliphatic heterocycles. The quantitative estimate of drug-likeness (QED) is 0.107. The van der Waals surface area contributed by atoms with Crippen LogP contribution in [-0.2, 0) is 36.8 Å². The van der Waals surface area contributed by atoms with Crippen LogP contribution in [0.15, 0.2) is 9.59 Å². The van der Waals surface area contributed by atoms with Crippen molar-refractivity contribution in [1.29, 1.82) is 0 Å². The monoisotopic (exact) mass is 737 g/mol. The molecule has 0 saturated carbocycles. The van der Waals surface area contributed by atoms with Gasteiger partial charge in [-0.1, -0.05) is 20.8 Å². The summed E-state index contributed by atoms with van der Waals surface area (Å²) in [4.78, 5) is 61.4. The van der Waals surface area contributed by atoms with E-state index in [0.717, 1.165) is 38.9 Å². The Bertz CT molecular complexity index is 1420. The average molecular weight is 738 g/mol. The Kier molecular flexibility index (Phi) is 16.4. The molecule has 0 radical (unpaired) electrons. The smallest absolute Gasteiger partial charge is 0.325 e. The van der Waals surface area contributed by atoms with Crippen molar-refractivity contribution in [2.75, 3.05) is 54.0 Å². The van der Waals surface area contributed by atoms with Crippen molar-refractivity contribution in [1.82, 2.24) is 24.7 Å². The summed E-state index contributed by atoms with van der Waals surface area (Å²) in [6.07, 6.45) is 1.84. The Balaban J connectivity index is 1.76. The minimum Gasteiger partial charge on any atom is -0.395 e. The summed E-state index contributed by atoms with van der Waals surface area (Å²) in [5.74, 6) is -1.01. The molecule has 0 aliphatic carbocycles. The molecule has 2 aliphatic rings. The highest BCUT2D eigenvalue weighted by molar-refractivity contribution is 5.98. The van der Waals surface area contributed by atoms with Crippen molar-refractivity contribution in [3.8, 4) is 0 Å². The van der Waals surface area contributed by atoms with E-state index in [1.807, 2.05) is 32.8 Å². The van der Waals surface area contributed by atoms with E-state index >= 15 is 0 Å². The second kappa shape index (κ2) is 19.3. The number of methoxy groups -OCH3 is 1. The Hall–Kier alpha value is -2.30. The molecule has 1 fully saturated rings. The molecule has 3 heterocycles. The summed E-state index contributed by atoms with van der Waals surface area (Å²) >= 11 is 0. The van der Waals surface area contributed by atoms with Gasteiger partial charge < -0.3 is 39.1 Å². The molecule has 0 aromatic carbocycles. The number of fused-ring (bicyclic) bond motifs is 1. The molecule has 1 saturated heterocycles. The van der Waals surface area contributed by atoms with Gasteiger partial charge in [0.15, 0.2) is 12.1 Å². The molecule has 0 spiro atoms. The Morgan fingerprint density at radius 3 is 2.48 bits per heavy atom. The van der Waals surface area contributed by atoms with Crippen LogP contribution in [0.25, 0.3) is 0 Å². The first-order chi connectivity index (χ1) is 24.4. The SMILES string of the molecule is CCCN(C[C@H](C)C[C@@](C)(OC)[C@H](O[C@@H]1O[C@H](C)C[C@H](N(C)C)[C@H]1O)[C@@H](C)C(=O)C(C)(C)C=O)[C@@H](CO)CCCN1CCc2[nH]c(=O)[nH]c(=O)c2C1. The average Bonchev–Trinajstić information content (AvgIpc) is 3.09. The van der Waals surface area contributed by atoms with Crippen LogP contribution >= 0.6 is 0 Å². The van der Waals surface area contributed by atoms with Crippen molar-refractivity contribution in [2.45, 2.75) is 136 Å². The first-order valence-electron chi connectivity index (χ1n) is 19.0. The molecule has 9 atom stereocenters. The fourth-order valence-electron chi connectivity index (χ4n) is 8.20. The number of aromatic amines is 2. The van der Waals surface area contributed by atoms with E-state index in [-0.39, 0.29) is 42.1 Å². The molecule has 1 aromatic rings. The van der Waals surface area contributed by atoms with Gasteiger partial charge in [-0.25, -0.2) is 4.79 Å². The van der Waals surface area contributed by atoms with E-state index in [1.165, 1.54) is 0 Å². The lowest BCUT2D eigenvalue weighted by Gasteiger charge is -2.47. The number of carbonyl (C=O) groups is 2. The minimum absolute atomic E-state index is 0.00180. The second-order valence-corrected chi connectivity index (χ2v) is 16.3. The predicted octanol–water partition coefficient (Wildman–Crippen LogP) is 1.95. The van der Waals surface area contributed by atoms with Crippen molar-refractivity contribution in [3.05, 3.63) is 32.1 Å². The topological polar surface area (TPSA) is 178 Å². The highest BCUT2D eigenvalue weighted by atomic mass is 16.7. The van der Waals surface area contributed by atoms with Gasteiger partial charge in [0.1, 0.15) is 12.4 Å². The Morgan fingerprint density at radius 2 is 1.88 bits per heavy atom. The number of aromatic nitrogens is 2. The number of aldehydes is 1. The van der Waals surface area contributed by atoms with E-state index in [1.54, 1.807) is 27.9 Å². The van der Waals surface area contributed by atoms with Crippen LogP contribution in [0.3, 0.4) is 0 Å². The maximum absolute atomic E-state index is 13.8. The molecule has 4 N–H and O–H groups in total. The number of aliphatic hydroxyl groups excluding tert-OH is 2. The Labute approximate surface area is 309 Å². The lowest BCUT2D eigenvalue weighted by Crippen LogP contribution is -2.59. The van der Waals surface area contributed by atoms with E-state index in [9.17, 15) is 29.4 Å². The Morgan fingerprint density at radius 1 is 1.19 bits per heavy atom. The number of H-pyrrole nitrogens is 2. The number of nitrogens with zero attached hydrogens (tertiary/aromatic N) is 3. The molecule has 298 valence electrons. The largest absolute Gasteiger partial charge is 0.395 e. The van der Waals surface area contributed by atoms with Gasteiger partial charge in [-0.2, -0.15) is 0 Å². The van der Waals surface area contributed by atoms with Gasteiger partial charge in [-0.05, 0) is 92.9 Å². The third-order valence-corrected chi connectivity index (χ3v) is 11.2. The number of nitrogens with one attached hydrogen (secondary N) is 2. The fraction of sp³-hybridized carbons (Fsp3) is 0.842. The summed E-state index contributed by atoms with van der Waals surface area (Å²) in [5, 5.41) is 21.9. The number of rotatable bonds is 21. The van der Waals surface area contributed by atoms with Crippen molar-refractivity contribution >= 4 is 12.1 Å². The van der Waals surface area contributed by atoms with Crippen LogP contribution in [0, 0.1) is 17.3 Å². The molecule has 14 heteroatoms. The van der Waals surface area contributed by atoms with Crippen LogP contribution in [-0.4, -0.2) is 143 Å². The van der Waals surface area contributed by atoms with Crippen LogP contribution in [0.1, 0.15) is 91.8 Å². The summed E-state index contributed by atoms with van der Waals surface area (Å²) in [6.45, 7) is 16.5. The van der Waals surface area contributed by atoms with E-state index in [0.29, 0.717) is 49.9 Å². The predicted molar refractivity (Wildman–Crippen MR) is 199 cm³/mol. The first kappa shape index (κ1) is 44.1. The zero-order chi connectivity index (χ0) is 39.0. The summed E-state index contributed by atoms with van der Waals surface area (Å²) in [5.41, 5.74) is -1.75. The third-order valence-electron chi connectivity index (χ3n) is 11.2. The summed E-state index contributed by atoms with van der Waals surface area (Å²) in [6, 6.07) is -0.291. The maximum Gasteiger partial charge on any atom is 0.325 e. The summed E-state index contributed by atoms with van der Waals surface area (Å²) < 4.78 is 19.0. The number of ether oxygens (including phenoxy) is 3. The van der Waals surface area contributed by atoms with E-state index in [2.05, 4.69) is 33.6 Å². The molecule has 0 bridgehead atoms. The van der Waals surface area contributed by atoms with Crippen LogP contribution in [0.5, 0.6) is 0 Å². The molecule has 1 aromatic heterocycles. The molecule has 52 heavy (non-hydrogen) atoms. The molecule has 14 nitrogen and oxygen atoms in total. The zero-order valence-electron chi connectivity index (χ0n) is 33.3. The molecule has 0 unspecified atom stereocenters.